The lowest BCUT2D eigenvalue weighted by Crippen LogP contribution is -2.62. The second-order valence-corrected chi connectivity index (χ2v) is 8.60. The van der Waals surface area contributed by atoms with Crippen LogP contribution >= 0.6 is 0 Å². The van der Waals surface area contributed by atoms with E-state index >= 15 is 0 Å². The minimum Gasteiger partial charge on any atom is -0.350 e. The Morgan fingerprint density at radius 2 is 1.74 bits per heavy atom. The van der Waals surface area contributed by atoms with Crippen LogP contribution in [0, 0.1) is 13.8 Å². The third-order valence-electron chi connectivity index (χ3n) is 6.24. The highest BCUT2D eigenvalue weighted by molar-refractivity contribution is 6.02. The summed E-state index contributed by atoms with van der Waals surface area (Å²) in [6.07, 6.45) is 0.486. The Morgan fingerprint density at radius 1 is 1.00 bits per heavy atom. The van der Waals surface area contributed by atoms with Gasteiger partial charge in [0.2, 0.25) is 5.91 Å². The van der Waals surface area contributed by atoms with Crippen LogP contribution in [0.2, 0.25) is 0 Å². The molecule has 0 saturated carbocycles. The molecule has 4 nitrogen and oxygen atoms in total. The second-order valence-electron chi connectivity index (χ2n) is 8.60. The first kappa shape index (κ1) is 20.9. The van der Waals surface area contributed by atoms with Crippen LogP contribution in [0.3, 0.4) is 0 Å². The van der Waals surface area contributed by atoms with Gasteiger partial charge < -0.3 is 10.2 Å². The van der Waals surface area contributed by atoms with Crippen LogP contribution in [0.1, 0.15) is 45.1 Å². The Kier molecular flexibility index (Phi) is 5.64. The van der Waals surface area contributed by atoms with E-state index < -0.39 is 5.54 Å². The number of rotatable bonds is 5. The standard InChI is InChI=1S/C27H28N2O2/c1-19-9-8-11-21(15-19)18-29-25(30)24-14-7-6-12-22(24)16-27(29,3)26(31)28-17-23-13-5-4-10-20(23)2/h4-15H,16-18H2,1-3H3,(H,28,31)/t27-/m0/s1. The molecular weight excluding hydrogens is 384 g/mol. The van der Waals surface area contributed by atoms with Crippen LogP contribution in [0.15, 0.2) is 72.8 Å². The first-order chi connectivity index (χ1) is 14.9. The number of benzene rings is 3. The summed E-state index contributed by atoms with van der Waals surface area (Å²) in [4.78, 5) is 28.8. The molecule has 0 aromatic heterocycles. The number of aryl methyl sites for hydroxylation is 2. The molecule has 2 amide bonds. The number of hydrogen-bond donors (Lipinski definition) is 1. The molecule has 0 bridgehead atoms. The highest BCUT2D eigenvalue weighted by Crippen LogP contribution is 2.33. The van der Waals surface area contributed by atoms with Crippen molar-refractivity contribution in [1.29, 1.82) is 0 Å². The molecule has 3 aromatic rings. The Balaban J connectivity index is 1.66. The number of fused-ring (bicyclic) bond motifs is 1. The lowest BCUT2D eigenvalue weighted by molar-refractivity contribution is -0.132. The summed E-state index contributed by atoms with van der Waals surface area (Å²) >= 11 is 0. The maximum Gasteiger partial charge on any atom is 0.255 e. The van der Waals surface area contributed by atoms with E-state index in [2.05, 4.69) is 11.4 Å². The van der Waals surface area contributed by atoms with E-state index in [4.69, 9.17) is 0 Å². The maximum atomic E-state index is 13.5. The predicted molar refractivity (Wildman–Crippen MR) is 123 cm³/mol. The van der Waals surface area contributed by atoms with Crippen molar-refractivity contribution in [3.8, 4) is 0 Å². The average molecular weight is 413 g/mol. The molecule has 158 valence electrons. The number of nitrogens with one attached hydrogen (secondary N) is 1. The summed E-state index contributed by atoms with van der Waals surface area (Å²) in [5.41, 5.74) is 4.99. The lowest BCUT2D eigenvalue weighted by Gasteiger charge is -2.44. The molecule has 0 aliphatic carbocycles. The van der Waals surface area contributed by atoms with Gasteiger partial charge in [-0.1, -0.05) is 72.3 Å². The van der Waals surface area contributed by atoms with Gasteiger partial charge in [-0.15, -0.1) is 0 Å². The van der Waals surface area contributed by atoms with Crippen LogP contribution in [0.5, 0.6) is 0 Å². The molecule has 0 fully saturated rings. The summed E-state index contributed by atoms with van der Waals surface area (Å²) in [6, 6.07) is 23.7. The smallest absolute Gasteiger partial charge is 0.255 e. The molecule has 1 aliphatic heterocycles. The van der Waals surface area contributed by atoms with E-state index in [-0.39, 0.29) is 11.8 Å². The fourth-order valence-electron chi connectivity index (χ4n) is 4.34. The molecule has 0 spiro atoms. The number of nitrogens with zero attached hydrogens (tertiary/aromatic N) is 1. The van der Waals surface area contributed by atoms with Crippen molar-refractivity contribution in [3.63, 3.8) is 0 Å². The average Bonchev–Trinajstić information content (AvgIpc) is 2.76. The Hall–Kier alpha value is -3.40. The van der Waals surface area contributed by atoms with Crippen molar-refractivity contribution >= 4 is 11.8 Å². The Morgan fingerprint density at radius 3 is 2.52 bits per heavy atom. The molecule has 1 atom stereocenters. The van der Waals surface area contributed by atoms with Crippen LogP contribution < -0.4 is 5.32 Å². The Labute approximate surface area is 183 Å². The fraction of sp³-hybridized carbons (Fsp3) is 0.259. The van der Waals surface area contributed by atoms with E-state index in [1.54, 1.807) is 4.90 Å². The number of hydrogen-bond acceptors (Lipinski definition) is 2. The van der Waals surface area contributed by atoms with Gasteiger partial charge in [-0.3, -0.25) is 9.59 Å². The summed E-state index contributed by atoms with van der Waals surface area (Å²) in [6.45, 7) is 6.78. The third kappa shape index (κ3) is 4.11. The summed E-state index contributed by atoms with van der Waals surface area (Å²) in [7, 11) is 0. The number of amides is 2. The summed E-state index contributed by atoms with van der Waals surface area (Å²) in [5.74, 6) is -0.233. The lowest BCUT2D eigenvalue weighted by atomic mass is 9.82. The first-order valence-corrected chi connectivity index (χ1v) is 10.7. The van der Waals surface area contributed by atoms with E-state index in [0.717, 1.165) is 27.8 Å². The van der Waals surface area contributed by atoms with Gasteiger partial charge in [0.25, 0.3) is 5.91 Å². The van der Waals surface area contributed by atoms with Gasteiger partial charge in [0.05, 0.1) is 0 Å². The minimum absolute atomic E-state index is 0.100. The van der Waals surface area contributed by atoms with Crippen molar-refractivity contribution in [2.75, 3.05) is 0 Å². The molecule has 0 unspecified atom stereocenters. The van der Waals surface area contributed by atoms with Crippen LogP contribution in [-0.4, -0.2) is 22.3 Å². The minimum atomic E-state index is -0.974. The first-order valence-electron chi connectivity index (χ1n) is 10.7. The Bertz CT molecular complexity index is 1140. The molecule has 1 heterocycles. The van der Waals surface area contributed by atoms with E-state index in [9.17, 15) is 9.59 Å². The largest absolute Gasteiger partial charge is 0.350 e. The SMILES string of the molecule is Cc1cccc(CN2C(=O)c3ccccc3C[C@@]2(C)C(=O)NCc2ccccc2C)c1. The van der Waals surface area contributed by atoms with Gasteiger partial charge in [0, 0.05) is 25.1 Å². The summed E-state index contributed by atoms with van der Waals surface area (Å²) < 4.78 is 0. The molecular formula is C27H28N2O2. The van der Waals surface area contributed by atoms with Gasteiger partial charge >= 0.3 is 0 Å². The topological polar surface area (TPSA) is 49.4 Å². The highest BCUT2D eigenvalue weighted by atomic mass is 16.2. The molecule has 1 N–H and O–H groups in total. The normalized spacial score (nSPS) is 17.9. The maximum absolute atomic E-state index is 13.5. The summed E-state index contributed by atoms with van der Waals surface area (Å²) in [5, 5.41) is 3.10. The fourth-order valence-corrected chi connectivity index (χ4v) is 4.34. The van der Waals surface area contributed by atoms with Crippen molar-refractivity contribution < 1.29 is 9.59 Å². The van der Waals surface area contributed by atoms with Gasteiger partial charge in [-0.25, -0.2) is 0 Å². The van der Waals surface area contributed by atoms with Crippen molar-refractivity contribution in [1.82, 2.24) is 10.2 Å². The van der Waals surface area contributed by atoms with Crippen LogP contribution in [0.25, 0.3) is 0 Å². The zero-order valence-corrected chi connectivity index (χ0v) is 18.3. The molecule has 4 rings (SSSR count). The monoisotopic (exact) mass is 412 g/mol. The highest BCUT2D eigenvalue weighted by Gasteiger charge is 2.46. The molecule has 31 heavy (non-hydrogen) atoms. The zero-order valence-electron chi connectivity index (χ0n) is 18.3. The van der Waals surface area contributed by atoms with Crippen LogP contribution in [0.4, 0.5) is 0 Å². The molecule has 3 aromatic carbocycles. The predicted octanol–water partition coefficient (Wildman–Crippen LogP) is 4.58. The van der Waals surface area contributed by atoms with E-state index in [1.165, 1.54) is 0 Å². The van der Waals surface area contributed by atoms with Crippen molar-refractivity contribution in [2.45, 2.75) is 45.8 Å². The molecule has 4 heteroatoms. The number of carbonyl (C=O) groups excluding carboxylic acids is 2. The quantitative estimate of drug-likeness (QED) is 0.667. The van der Waals surface area contributed by atoms with Crippen LogP contribution in [-0.2, 0) is 24.3 Å². The third-order valence-corrected chi connectivity index (χ3v) is 6.24. The van der Waals surface area contributed by atoms with Gasteiger partial charge in [0.1, 0.15) is 5.54 Å². The van der Waals surface area contributed by atoms with Crippen molar-refractivity contribution in [2.24, 2.45) is 0 Å². The van der Waals surface area contributed by atoms with Crippen molar-refractivity contribution in [3.05, 3.63) is 106 Å². The van der Waals surface area contributed by atoms with E-state index in [0.29, 0.717) is 25.1 Å². The second kappa shape index (κ2) is 8.38. The molecule has 0 radical (unpaired) electrons. The zero-order chi connectivity index (χ0) is 22.0. The molecule has 0 saturated heterocycles. The van der Waals surface area contributed by atoms with Gasteiger partial charge in [0.15, 0.2) is 0 Å². The van der Waals surface area contributed by atoms with Gasteiger partial charge in [-0.05, 0) is 49.1 Å². The number of carbonyl (C=O) groups is 2. The van der Waals surface area contributed by atoms with Gasteiger partial charge in [-0.2, -0.15) is 0 Å². The van der Waals surface area contributed by atoms with E-state index in [1.807, 2.05) is 87.5 Å². The molecule has 1 aliphatic rings.